The van der Waals surface area contributed by atoms with Gasteiger partial charge in [-0.05, 0) is 49.6 Å². The summed E-state index contributed by atoms with van der Waals surface area (Å²) < 4.78 is 15.8. The Hall–Kier alpha value is -3.19. The third kappa shape index (κ3) is 3.73. The summed E-state index contributed by atoms with van der Waals surface area (Å²) in [4.78, 5) is 24.5. The topological polar surface area (TPSA) is 76.0 Å². The van der Waals surface area contributed by atoms with Crippen LogP contribution in [0.25, 0.3) is 5.69 Å². The predicted octanol–water partition coefficient (Wildman–Crippen LogP) is 4.36. The molecule has 0 radical (unpaired) electrons. The molecule has 2 amide bonds. The van der Waals surface area contributed by atoms with Crippen LogP contribution >= 0.6 is 11.6 Å². The van der Waals surface area contributed by atoms with E-state index in [0.29, 0.717) is 28.5 Å². The first kappa shape index (κ1) is 19.1. The molecule has 0 saturated heterocycles. The second-order valence-corrected chi connectivity index (χ2v) is 7.25. The van der Waals surface area contributed by atoms with Gasteiger partial charge in [-0.3, -0.25) is 9.59 Å². The first-order valence-electron chi connectivity index (χ1n) is 9.18. The smallest absolute Gasteiger partial charge is 0.276 e. The number of hydrogen-bond donors (Lipinski definition) is 2. The van der Waals surface area contributed by atoms with Crippen molar-refractivity contribution in [2.24, 2.45) is 0 Å². The Morgan fingerprint density at radius 3 is 2.66 bits per heavy atom. The Bertz CT molecular complexity index is 1130. The molecule has 0 spiro atoms. The third-order valence-corrected chi connectivity index (χ3v) is 5.00. The van der Waals surface area contributed by atoms with E-state index in [1.54, 1.807) is 36.4 Å². The molecule has 4 rings (SSSR count). The Labute approximate surface area is 171 Å². The number of benzene rings is 2. The number of anilines is 2. The fourth-order valence-corrected chi connectivity index (χ4v) is 3.71. The number of carbonyl (C=O) groups is 2. The molecule has 2 aromatic carbocycles. The Morgan fingerprint density at radius 2 is 1.90 bits per heavy atom. The Balaban J connectivity index is 1.71. The molecule has 1 aromatic heterocycles. The summed E-state index contributed by atoms with van der Waals surface area (Å²) in [7, 11) is 0. The maximum atomic E-state index is 14.3. The number of hydrogen-bond acceptors (Lipinski definition) is 3. The van der Waals surface area contributed by atoms with Gasteiger partial charge >= 0.3 is 0 Å². The fourth-order valence-electron chi connectivity index (χ4n) is 3.54. The average Bonchev–Trinajstić information content (AvgIpc) is 3.27. The first-order valence-corrected chi connectivity index (χ1v) is 9.56. The second kappa shape index (κ2) is 7.67. The largest absolute Gasteiger partial charge is 0.325 e. The standard InChI is InChI=1S/C21H18ClFN4O2/c1-12(28)24-16-10-9-13(22)11-17(16)25-21(29)20-14-5-4-8-18(14)27(26-20)19-7-3-2-6-15(19)23/h2-3,6-7,9-11H,4-5,8H2,1H3,(H,24,28)(H,25,29). The van der Waals surface area contributed by atoms with Crippen LogP contribution in [0.4, 0.5) is 15.8 Å². The van der Waals surface area contributed by atoms with Gasteiger partial charge in [0, 0.05) is 23.2 Å². The minimum absolute atomic E-state index is 0.245. The van der Waals surface area contributed by atoms with Crippen molar-refractivity contribution in [3.05, 3.63) is 70.3 Å². The van der Waals surface area contributed by atoms with Crippen LogP contribution in [0.15, 0.2) is 42.5 Å². The quantitative estimate of drug-likeness (QED) is 0.668. The van der Waals surface area contributed by atoms with Gasteiger partial charge in [0.2, 0.25) is 5.91 Å². The third-order valence-electron chi connectivity index (χ3n) is 4.77. The van der Waals surface area contributed by atoms with E-state index in [1.807, 2.05) is 0 Å². The lowest BCUT2D eigenvalue weighted by atomic mass is 10.2. The number of amides is 2. The monoisotopic (exact) mass is 412 g/mol. The lowest BCUT2D eigenvalue weighted by Crippen LogP contribution is -2.17. The first-order chi connectivity index (χ1) is 13.9. The van der Waals surface area contributed by atoms with Crippen molar-refractivity contribution in [1.82, 2.24) is 9.78 Å². The van der Waals surface area contributed by atoms with E-state index in [4.69, 9.17) is 11.6 Å². The summed E-state index contributed by atoms with van der Waals surface area (Å²) in [6.45, 7) is 1.38. The number of aromatic nitrogens is 2. The van der Waals surface area contributed by atoms with E-state index in [1.165, 1.54) is 17.7 Å². The molecular formula is C21H18ClFN4O2. The molecule has 3 aromatic rings. The van der Waals surface area contributed by atoms with Gasteiger partial charge in [0.05, 0.1) is 11.4 Å². The van der Waals surface area contributed by atoms with Crippen molar-refractivity contribution in [3.8, 4) is 5.69 Å². The van der Waals surface area contributed by atoms with Crippen LogP contribution in [0.3, 0.4) is 0 Å². The lowest BCUT2D eigenvalue weighted by Gasteiger charge is -2.11. The van der Waals surface area contributed by atoms with Crippen molar-refractivity contribution >= 4 is 34.8 Å². The average molecular weight is 413 g/mol. The molecule has 6 nitrogen and oxygen atoms in total. The van der Waals surface area contributed by atoms with Gasteiger partial charge in [-0.25, -0.2) is 9.07 Å². The van der Waals surface area contributed by atoms with E-state index in [9.17, 15) is 14.0 Å². The fraction of sp³-hybridized carbons (Fsp3) is 0.190. The highest BCUT2D eigenvalue weighted by molar-refractivity contribution is 6.31. The molecule has 29 heavy (non-hydrogen) atoms. The molecule has 0 unspecified atom stereocenters. The van der Waals surface area contributed by atoms with Crippen LogP contribution in [0.5, 0.6) is 0 Å². The summed E-state index contributed by atoms with van der Waals surface area (Å²) in [6, 6.07) is 11.1. The molecule has 1 aliphatic carbocycles. The van der Waals surface area contributed by atoms with Gasteiger partial charge in [0.25, 0.3) is 5.91 Å². The van der Waals surface area contributed by atoms with Crippen molar-refractivity contribution in [2.45, 2.75) is 26.2 Å². The SMILES string of the molecule is CC(=O)Nc1ccc(Cl)cc1NC(=O)c1nn(-c2ccccc2F)c2c1CCC2. The maximum absolute atomic E-state index is 14.3. The van der Waals surface area contributed by atoms with Gasteiger partial charge in [-0.2, -0.15) is 5.10 Å². The summed E-state index contributed by atoms with van der Waals surface area (Å²) >= 11 is 6.05. The van der Waals surface area contributed by atoms with Crippen molar-refractivity contribution in [1.29, 1.82) is 0 Å². The zero-order chi connectivity index (χ0) is 20.5. The van der Waals surface area contributed by atoms with Crippen LogP contribution < -0.4 is 10.6 Å². The number of nitrogens with one attached hydrogen (secondary N) is 2. The zero-order valence-corrected chi connectivity index (χ0v) is 16.4. The van der Waals surface area contributed by atoms with Crippen molar-refractivity contribution in [3.63, 3.8) is 0 Å². The highest BCUT2D eigenvalue weighted by Crippen LogP contribution is 2.31. The number of halogens is 2. The second-order valence-electron chi connectivity index (χ2n) is 6.82. The molecule has 148 valence electrons. The van der Waals surface area contributed by atoms with Crippen LogP contribution in [-0.2, 0) is 17.6 Å². The minimum atomic E-state index is -0.438. The van der Waals surface area contributed by atoms with Gasteiger partial charge in [-0.15, -0.1) is 0 Å². The summed E-state index contributed by atoms with van der Waals surface area (Å²) in [5, 5.41) is 10.3. The van der Waals surface area contributed by atoms with E-state index in [2.05, 4.69) is 15.7 Å². The molecule has 8 heteroatoms. The predicted molar refractivity (Wildman–Crippen MR) is 109 cm³/mol. The lowest BCUT2D eigenvalue weighted by molar-refractivity contribution is -0.114. The Kier molecular flexibility index (Phi) is 5.07. The molecule has 0 fully saturated rings. The number of carbonyl (C=O) groups excluding carboxylic acids is 2. The van der Waals surface area contributed by atoms with Crippen molar-refractivity contribution in [2.75, 3.05) is 10.6 Å². The number of fused-ring (bicyclic) bond motifs is 1. The normalized spacial score (nSPS) is 12.5. The van der Waals surface area contributed by atoms with Gasteiger partial charge in [0.1, 0.15) is 11.5 Å². The van der Waals surface area contributed by atoms with Gasteiger partial charge in [-0.1, -0.05) is 23.7 Å². The number of para-hydroxylation sites is 1. The molecule has 1 aliphatic rings. The van der Waals surface area contributed by atoms with Crippen LogP contribution in [0.2, 0.25) is 5.02 Å². The molecule has 0 saturated carbocycles. The Morgan fingerprint density at radius 1 is 1.10 bits per heavy atom. The van der Waals surface area contributed by atoms with E-state index in [-0.39, 0.29) is 11.6 Å². The molecule has 2 N–H and O–H groups in total. The van der Waals surface area contributed by atoms with Crippen LogP contribution in [0.1, 0.15) is 35.1 Å². The van der Waals surface area contributed by atoms with Crippen LogP contribution in [-0.4, -0.2) is 21.6 Å². The van der Waals surface area contributed by atoms with Gasteiger partial charge < -0.3 is 10.6 Å². The van der Waals surface area contributed by atoms with Crippen LogP contribution in [0, 0.1) is 5.82 Å². The van der Waals surface area contributed by atoms with Gasteiger partial charge in [0.15, 0.2) is 5.69 Å². The molecule has 0 bridgehead atoms. The molecule has 1 heterocycles. The van der Waals surface area contributed by atoms with Crippen molar-refractivity contribution < 1.29 is 14.0 Å². The van der Waals surface area contributed by atoms with E-state index >= 15 is 0 Å². The summed E-state index contributed by atoms with van der Waals surface area (Å²) in [5.74, 6) is -1.11. The summed E-state index contributed by atoms with van der Waals surface area (Å²) in [5.41, 5.74) is 3.01. The summed E-state index contributed by atoms with van der Waals surface area (Å²) in [6.07, 6.45) is 2.29. The number of nitrogens with zero attached hydrogens (tertiary/aromatic N) is 2. The molecular weight excluding hydrogens is 395 g/mol. The number of rotatable bonds is 4. The molecule has 0 aliphatic heterocycles. The highest BCUT2D eigenvalue weighted by Gasteiger charge is 2.28. The highest BCUT2D eigenvalue weighted by atomic mass is 35.5. The zero-order valence-electron chi connectivity index (χ0n) is 15.6. The minimum Gasteiger partial charge on any atom is -0.325 e. The maximum Gasteiger partial charge on any atom is 0.276 e. The molecule has 0 atom stereocenters. The van der Waals surface area contributed by atoms with E-state index in [0.717, 1.165) is 24.1 Å². The van der Waals surface area contributed by atoms with E-state index < -0.39 is 11.7 Å².